The Morgan fingerprint density at radius 1 is 1.11 bits per heavy atom. The van der Waals surface area contributed by atoms with Gasteiger partial charge >= 0.3 is 0 Å². The summed E-state index contributed by atoms with van der Waals surface area (Å²) in [4.78, 5) is 18.5. The number of hydrogen-bond acceptors (Lipinski definition) is 6. The Kier molecular flexibility index (Phi) is 6.04. The minimum absolute atomic E-state index is 0.0123. The summed E-state index contributed by atoms with van der Waals surface area (Å²) in [6.45, 7) is 5.78. The first kappa shape index (κ1) is 24.0. The molecule has 0 aliphatic carbocycles. The molecule has 9 heteroatoms. The van der Waals surface area contributed by atoms with Crippen LogP contribution in [0.5, 0.6) is 5.75 Å². The van der Waals surface area contributed by atoms with Gasteiger partial charge in [0.15, 0.2) is 15.5 Å². The molecule has 1 amide bonds. The highest BCUT2D eigenvalue weighted by Gasteiger charge is 2.32. The van der Waals surface area contributed by atoms with Gasteiger partial charge in [0, 0.05) is 11.3 Å². The van der Waals surface area contributed by atoms with Crippen LogP contribution in [0.3, 0.4) is 0 Å². The zero-order chi connectivity index (χ0) is 25.6. The van der Waals surface area contributed by atoms with Gasteiger partial charge in [-0.25, -0.2) is 18.1 Å². The van der Waals surface area contributed by atoms with Gasteiger partial charge in [0.25, 0.3) is 5.91 Å². The van der Waals surface area contributed by atoms with E-state index in [1.165, 1.54) is 0 Å². The molecule has 1 atom stereocenters. The number of carbonyl (C=O) groups is 1. The molecule has 1 unspecified atom stereocenters. The first-order valence-electron chi connectivity index (χ1n) is 11.8. The maximum atomic E-state index is 13.7. The first-order chi connectivity index (χ1) is 17.1. The van der Waals surface area contributed by atoms with E-state index in [2.05, 4.69) is 10.4 Å². The predicted octanol–water partition coefficient (Wildman–Crippen LogP) is 4.64. The summed E-state index contributed by atoms with van der Waals surface area (Å²) in [7, 11) is -1.54. The molecule has 2 aromatic carbocycles. The van der Waals surface area contributed by atoms with Crippen molar-refractivity contribution < 1.29 is 17.9 Å². The van der Waals surface area contributed by atoms with Gasteiger partial charge in [0.05, 0.1) is 47.0 Å². The molecule has 0 bridgehead atoms. The Bertz CT molecular complexity index is 1610. The second kappa shape index (κ2) is 9.05. The summed E-state index contributed by atoms with van der Waals surface area (Å²) < 4.78 is 31.5. The van der Waals surface area contributed by atoms with Crippen molar-refractivity contribution in [3.63, 3.8) is 0 Å². The Labute approximate surface area is 210 Å². The Morgan fingerprint density at radius 3 is 2.61 bits per heavy atom. The minimum Gasteiger partial charge on any atom is -0.497 e. The van der Waals surface area contributed by atoms with Crippen molar-refractivity contribution in [2.24, 2.45) is 0 Å². The summed E-state index contributed by atoms with van der Waals surface area (Å²) in [5.41, 5.74) is 5.72. The van der Waals surface area contributed by atoms with Gasteiger partial charge in [-0.15, -0.1) is 0 Å². The lowest BCUT2D eigenvalue weighted by Gasteiger charge is -2.13. The number of pyridine rings is 1. The summed E-state index contributed by atoms with van der Waals surface area (Å²) in [5.74, 6) is 0.522. The standard InChI is InChI=1S/C27H28N4O4S/c1-16-8-9-23(17(2)12-16)29-27(32)22-14-24(19-6-5-7-21(13-19)35-4)28-26-25(22)18(3)30-31(26)20-10-11-36(33,34)15-20/h5-9,12-14,20H,10-11,15H2,1-4H3,(H,29,32). The van der Waals surface area contributed by atoms with E-state index in [9.17, 15) is 13.2 Å². The van der Waals surface area contributed by atoms with E-state index in [0.717, 1.165) is 22.4 Å². The second-order valence-corrected chi connectivity index (χ2v) is 11.6. The van der Waals surface area contributed by atoms with Crippen LogP contribution in [-0.2, 0) is 9.84 Å². The van der Waals surface area contributed by atoms with Crippen LogP contribution >= 0.6 is 0 Å². The van der Waals surface area contributed by atoms with Crippen LogP contribution in [0.2, 0.25) is 0 Å². The van der Waals surface area contributed by atoms with Crippen LogP contribution < -0.4 is 10.1 Å². The molecule has 0 spiro atoms. The van der Waals surface area contributed by atoms with E-state index in [0.29, 0.717) is 40.2 Å². The number of rotatable bonds is 5. The molecule has 8 nitrogen and oxygen atoms in total. The quantitative estimate of drug-likeness (QED) is 0.425. The third kappa shape index (κ3) is 4.46. The number of anilines is 1. The second-order valence-electron chi connectivity index (χ2n) is 9.34. The van der Waals surface area contributed by atoms with Gasteiger partial charge in [0.2, 0.25) is 0 Å². The van der Waals surface area contributed by atoms with E-state index in [1.54, 1.807) is 17.9 Å². The van der Waals surface area contributed by atoms with Crippen molar-refractivity contribution >= 4 is 32.5 Å². The molecule has 1 N–H and O–H groups in total. The molecule has 36 heavy (non-hydrogen) atoms. The summed E-state index contributed by atoms with van der Waals surface area (Å²) in [6.07, 6.45) is 0.466. The lowest BCUT2D eigenvalue weighted by Crippen LogP contribution is -2.15. The highest BCUT2D eigenvalue weighted by molar-refractivity contribution is 7.91. The fourth-order valence-corrected chi connectivity index (χ4v) is 6.48. The molecule has 1 aliphatic rings. The SMILES string of the molecule is COc1cccc(-c2cc(C(=O)Nc3ccc(C)cc3C)c3c(C)nn(C4CCS(=O)(=O)C4)c3n2)c1. The van der Waals surface area contributed by atoms with Crippen LogP contribution in [0, 0.1) is 20.8 Å². The van der Waals surface area contributed by atoms with E-state index in [-0.39, 0.29) is 23.5 Å². The third-order valence-corrected chi connectivity index (χ3v) is 8.38. The number of sulfone groups is 1. The number of fused-ring (bicyclic) bond motifs is 1. The lowest BCUT2D eigenvalue weighted by atomic mass is 10.0. The van der Waals surface area contributed by atoms with Crippen LogP contribution in [0.15, 0.2) is 48.5 Å². The number of amides is 1. The van der Waals surface area contributed by atoms with Gasteiger partial charge in [-0.1, -0.05) is 29.8 Å². The normalized spacial score (nSPS) is 16.8. The molecule has 186 valence electrons. The molecule has 3 heterocycles. The Morgan fingerprint density at radius 2 is 1.92 bits per heavy atom. The van der Waals surface area contributed by atoms with Crippen molar-refractivity contribution in [3.05, 3.63) is 70.9 Å². The molecule has 4 aromatic rings. The number of nitrogens with one attached hydrogen (secondary N) is 1. The molecule has 1 fully saturated rings. The summed E-state index contributed by atoms with van der Waals surface area (Å²) in [5, 5.41) is 8.33. The number of methoxy groups -OCH3 is 1. The third-order valence-electron chi connectivity index (χ3n) is 6.63. The maximum absolute atomic E-state index is 13.7. The number of aromatic nitrogens is 3. The molecule has 0 radical (unpaired) electrons. The molecular formula is C27H28N4O4S. The molecule has 1 aliphatic heterocycles. The van der Waals surface area contributed by atoms with Gasteiger partial charge in [0.1, 0.15) is 5.75 Å². The number of aryl methyl sites for hydroxylation is 3. The number of hydrogen-bond donors (Lipinski definition) is 1. The number of benzene rings is 2. The molecule has 5 rings (SSSR count). The van der Waals surface area contributed by atoms with Gasteiger partial charge in [-0.2, -0.15) is 5.10 Å². The zero-order valence-corrected chi connectivity index (χ0v) is 21.5. The van der Waals surface area contributed by atoms with Crippen molar-refractivity contribution in [2.75, 3.05) is 23.9 Å². The maximum Gasteiger partial charge on any atom is 0.256 e. The monoisotopic (exact) mass is 504 g/mol. The van der Waals surface area contributed by atoms with Gasteiger partial charge in [-0.05, 0) is 57.0 Å². The molecule has 0 saturated carbocycles. The van der Waals surface area contributed by atoms with Crippen molar-refractivity contribution in [2.45, 2.75) is 33.2 Å². The molecule has 2 aromatic heterocycles. The van der Waals surface area contributed by atoms with Crippen molar-refractivity contribution in [1.29, 1.82) is 0 Å². The van der Waals surface area contributed by atoms with Crippen LogP contribution in [0.1, 0.15) is 39.6 Å². The smallest absolute Gasteiger partial charge is 0.256 e. The van der Waals surface area contributed by atoms with E-state index >= 15 is 0 Å². The largest absolute Gasteiger partial charge is 0.497 e. The molecule has 1 saturated heterocycles. The molecular weight excluding hydrogens is 476 g/mol. The number of ether oxygens (including phenoxy) is 1. The summed E-state index contributed by atoms with van der Waals surface area (Å²) in [6, 6.07) is 14.8. The van der Waals surface area contributed by atoms with Gasteiger partial charge in [-0.3, -0.25) is 4.79 Å². The van der Waals surface area contributed by atoms with Crippen molar-refractivity contribution in [3.8, 4) is 17.0 Å². The van der Waals surface area contributed by atoms with E-state index in [1.807, 2.05) is 63.2 Å². The number of nitrogens with zero attached hydrogens (tertiary/aromatic N) is 3. The fraction of sp³-hybridized carbons (Fsp3) is 0.296. The zero-order valence-electron chi connectivity index (χ0n) is 20.7. The lowest BCUT2D eigenvalue weighted by molar-refractivity contribution is 0.102. The van der Waals surface area contributed by atoms with E-state index in [4.69, 9.17) is 9.72 Å². The Hall–Kier alpha value is -3.72. The fourth-order valence-electron chi connectivity index (χ4n) is 4.79. The van der Waals surface area contributed by atoms with Crippen LogP contribution in [0.25, 0.3) is 22.3 Å². The number of carbonyl (C=O) groups excluding carboxylic acids is 1. The summed E-state index contributed by atoms with van der Waals surface area (Å²) >= 11 is 0. The topological polar surface area (TPSA) is 103 Å². The van der Waals surface area contributed by atoms with Crippen molar-refractivity contribution in [1.82, 2.24) is 14.8 Å². The predicted molar refractivity (Wildman–Crippen MR) is 140 cm³/mol. The highest BCUT2D eigenvalue weighted by atomic mass is 32.2. The Balaban J connectivity index is 1.69. The average Bonchev–Trinajstić information content (AvgIpc) is 3.38. The van der Waals surface area contributed by atoms with E-state index < -0.39 is 9.84 Å². The first-order valence-corrected chi connectivity index (χ1v) is 13.6. The van der Waals surface area contributed by atoms with Gasteiger partial charge < -0.3 is 10.1 Å². The minimum atomic E-state index is -3.13. The van der Waals surface area contributed by atoms with Crippen LogP contribution in [-0.4, -0.2) is 47.7 Å². The van der Waals surface area contributed by atoms with Crippen LogP contribution in [0.4, 0.5) is 5.69 Å². The average molecular weight is 505 g/mol. The highest BCUT2D eigenvalue weighted by Crippen LogP contribution is 2.33.